The Labute approximate surface area is 94.5 Å². The molecule has 0 radical (unpaired) electrons. The van der Waals surface area contributed by atoms with Crippen molar-refractivity contribution in [2.75, 3.05) is 0 Å². The van der Waals surface area contributed by atoms with Crippen molar-refractivity contribution in [3.8, 4) is 0 Å². The quantitative estimate of drug-likeness (QED) is 0.785. The van der Waals surface area contributed by atoms with Crippen LogP contribution in [0.5, 0.6) is 0 Å². The highest BCUT2D eigenvalue weighted by molar-refractivity contribution is 7.10. The molecular weight excluding hydrogens is 214 g/mol. The van der Waals surface area contributed by atoms with Crippen LogP contribution in [0.3, 0.4) is 0 Å². The second-order valence-corrected chi connectivity index (χ2v) is 5.68. The van der Waals surface area contributed by atoms with Crippen molar-refractivity contribution in [1.29, 1.82) is 0 Å². The normalized spacial score (nSPS) is 27.0. The first-order chi connectivity index (χ1) is 6.75. The standard InChI is InChI=1S/C11H16ClNS/c1-8-5-9(7-14-8)6-13-11-4-2-3-10(11)12/h5,7,10-11,13H,2-4,6H2,1H3. The first-order valence-electron chi connectivity index (χ1n) is 5.17. The number of aryl methyl sites for hydroxylation is 1. The fourth-order valence-corrected chi connectivity index (χ4v) is 3.06. The Balaban J connectivity index is 1.82. The van der Waals surface area contributed by atoms with Crippen LogP contribution in [0, 0.1) is 6.92 Å². The van der Waals surface area contributed by atoms with E-state index in [1.165, 1.54) is 29.7 Å². The third kappa shape index (κ3) is 2.50. The van der Waals surface area contributed by atoms with E-state index in [0.29, 0.717) is 11.4 Å². The highest BCUT2D eigenvalue weighted by atomic mass is 35.5. The minimum atomic E-state index is 0.342. The lowest BCUT2D eigenvalue weighted by molar-refractivity contribution is 0.529. The van der Waals surface area contributed by atoms with Gasteiger partial charge < -0.3 is 5.32 Å². The molecule has 1 nitrogen and oxygen atoms in total. The van der Waals surface area contributed by atoms with Crippen molar-refractivity contribution >= 4 is 22.9 Å². The number of hydrogen-bond donors (Lipinski definition) is 1. The molecule has 0 spiro atoms. The summed E-state index contributed by atoms with van der Waals surface area (Å²) in [5, 5.41) is 6.10. The molecule has 14 heavy (non-hydrogen) atoms. The highest BCUT2D eigenvalue weighted by Gasteiger charge is 2.24. The molecule has 3 heteroatoms. The lowest BCUT2D eigenvalue weighted by atomic mass is 10.2. The maximum absolute atomic E-state index is 6.19. The molecule has 2 atom stereocenters. The maximum Gasteiger partial charge on any atom is 0.0489 e. The first kappa shape index (κ1) is 10.5. The van der Waals surface area contributed by atoms with Crippen LogP contribution in [0.1, 0.15) is 29.7 Å². The smallest absolute Gasteiger partial charge is 0.0489 e. The van der Waals surface area contributed by atoms with Gasteiger partial charge in [0.05, 0.1) is 0 Å². The zero-order valence-electron chi connectivity index (χ0n) is 8.42. The van der Waals surface area contributed by atoms with Crippen LogP contribution in [0.4, 0.5) is 0 Å². The Morgan fingerprint density at radius 1 is 1.57 bits per heavy atom. The summed E-state index contributed by atoms with van der Waals surface area (Å²) in [6, 6.07) is 2.77. The molecule has 1 saturated carbocycles. The molecule has 0 aromatic carbocycles. The minimum absolute atomic E-state index is 0.342. The van der Waals surface area contributed by atoms with E-state index in [1.807, 2.05) is 11.3 Å². The molecule has 1 heterocycles. The van der Waals surface area contributed by atoms with Crippen LogP contribution in [0.25, 0.3) is 0 Å². The monoisotopic (exact) mass is 229 g/mol. The molecule has 1 aromatic rings. The van der Waals surface area contributed by atoms with Crippen LogP contribution in [0.15, 0.2) is 11.4 Å². The van der Waals surface area contributed by atoms with E-state index in [-0.39, 0.29) is 0 Å². The summed E-state index contributed by atoms with van der Waals surface area (Å²) in [5.41, 5.74) is 1.39. The van der Waals surface area contributed by atoms with E-state index in [0.717, 1.165) is 6.54 Å². The summed E-state index contributed by atoms with van der Waals surface area (Å²) in [5.74, 6) is 0. The van der Waals surface area contributed by atoms with Crippen molar-refractivity contribution in [2.24, 2.45) is 0 Å². The minimum Gasteiger partial charge on any atom is -0.308 e. The fourth-order valence-electron chi connectivity index (χ4n) is 1.98. The van der Waals surface area contributed by atoms with Gasteiger partial charge in [0, 0.05) is 22.8 Å². The van der Waals surface area contributed by atoms with Gasteiger partial charge in [-0.25, -0.2) is 0 Å². The third-order valence-corrected chi connectivity index (χ3v) is 4.22. The van der Waals surface area contributed by atoms with E-state index < -0.39 is 0 Å². The van der Waals surface area contributed by atoms with Gasteiger partial charge in [-0.15, -0.1) is 22.9 Å². The third-order valence-electron chi connectivity index (χ3n) is 2.78. The fraction of sp³-hybridized carbons (Fsp3) is 0.636. The first-order valence-corrected chi connectivity index (χ1v) is 6.49. The van der Waals surface area contributed by atoms with Gasteiger partial charge in [-0.2, -0.15) is 0 Å². The summed E-state index contributed by atoms with van der Waals surface area (Å²) in [4.78, 5) is 1.38. The van der Waals surface area contributed by atoms with Gasteiger partial charge in [-0.3, -0.25) is 0 Å². The van der Waals surface area contributed by atoms with Gasteiger partial charge in [0.15, 0.2) is 0 Å². The number of hydrogen-bond acceptors (Lipinski definition) is 2. The summed E-state index contributed by atoms with van der Waals surface area (Å²) >= 11 is 8.00. The van der Waals surface area contributed by atoms with Crippen molar-refractivity contribution in [2.45, 2.75) is 44.1 Å². The molecule has 1 N–H and O–H groups in total. The predicted octanol–water partition coefficient (Wildman–Crippen LogP) is 3.31. The highest BCUT2D eigenvalue weighted by Crippen LogP contribution is 2.24. The Hall–Kier alpha value is -0.0500. The largest absolute Gasteiger partial charge is 0.308 e. The molecule has 78 valence electrons. The number of halogens is 1. The van der Waals surface area contributed by atoms with Crippen LogP contribution in [-0.2, 0) is 6.54 Å². The lowest BCUT2D eigenvalue weighted by Crippen LogP contribution is -2.32. The zero-order valence-corrected chi connectivity index (χ0v) is 10.00. The summed E-state index contributed by atoms with van der Waals surface area (Å²) < 4.78 is 0. The summed E-state index contributed by atoms with van der Waals surface area (Å²) in [6.45, 7) is 3.12. The van der Waals surface area contributed by atoms with E-state index >= 15 is 0 Å². The summed E-state index contributed by atoms with van der Waals surface area (Å²) in [6.07, 6.45) is 3.67. The van der Waals surface area contributed by atoms with Crippen LogP contribution < -0.4 is 5.32 Å². The number of alkyl halides is 1. The summed E-state index contributed by atoms with van der Waals surface area (Å²) in [7, 11) is 0. The van der Waals surface area contributed by atoms with E-state index in [1.54, 1.807) is 0 Å². The van der Waals surface area contributed by atoms with Gasteiger partial charge in [0.1, 0.15) is 0 Å². The van der Waals surface area contributed by atoms with Gasteiger partial charge in [0.25, 0.3) is 0 Å². The van der Waals surface area contributed by atoms with Crippen molar-refractivity contribution < 1.29 is 0 Å². The average molecular weight is 230 g/mol. The molecule has 1 aliphatic rings. The molecule has 0 aliphatic heterocycles. The number of nitrogens with one attached hydrogen (secondary N) is 1. The SMILES string of the molecule is Cc1cc(CNC2CCCC2Cl)cs1. The Kier molecular flexibility index (Phi) is 3.47. The molecule has 0 saturated heterocycles. The van der Waals surface area contributed by atoms with Crippen molar-refractivity contribution in [3.05, 3.63) is 21.9 Å². The molecule has 2 unspecified atom stereocenters. The van der Waals surface area contributed by atoms with E-state index in [2.05, 4.69) is 23.7 Å². The molecule has 0 bridgehead atoms. The van der Waals surface area contributed by atoms with Gasteiger partial charge in [0.2, 0.25) is 0 Å². The Morgan fingerprint density at radius 2 is 2.43 bits per heavy atom. The molecule has 1 aromatic heterocycles. The topological polar surface area (TPSA) is 12.0 Å². The number of thiophene rings is 1. The second-order valence-electron chi connectivity index (χ2n) is 4.00. The van der Waals surface area contributed by atoms with Gasteiger partial charge in [-0.05, 0) is 36.8 Å². The molecule has 1 fully saturated rings. The maximum atomic E-state index is 6.19. The van der Waals surface area contributed by atoms with Crippen LogP contribution >= 0.6 is 22.9 Å². The molecule has 0 amide bonds. The van der Waals surface area contributed by atoms with Gasteiger partial charge in [-0.1, -0.05) is 6.42 Å². The van der Waals surface area contributed by atoms with Crippen LogP contribution in [-0.4, -0.2) is 11.4 Å². The van der Waals surface area contributed by atoms with E-state index in [9.17, 15) is 0 Å². The molecular formula is C11H16ClNS. The number of rotatable bonds is 3. The predicted molar refractivity (Wildman–Crippen MR) is 63.2 cm³/mol. The van der Waals surface area contributed by atoms with Crippen LogP contribution in [0.2, 0.25) is 0 Å². The average Bonchev–Trinajstić information content (AvgIpc) is 2.72. The zero-order chi connectivity index (χ0) is 9.97. The second kappa shape index (κ2) is 4.65. The van der Waals surface area contributed by atoms with Gasteiger partial charge >= 0.3 is 0 Å². The van der Waals surface area contributed by atoms with E-state index in [4.69, 9.17) is 11.6 Å². The Bertz CT molecular complexity index is 297. The molecule has 2 rings (SSSR count). The Morgan fingerprint density at radius 3 is 3.00 bits per heavy atom. The van der Waals surface area contributed by atoms with Crippen molar-refractivity contribution in [1.82, 2.24) is 5.32 Å². The molecule has 1 aliphatic carbocycles. The lowest BCUT2D eigenvalue weighted by Gasteiger charge is -2.14. The van der Waals surface area contributed by atoms with Crippen molar-refractivity contribution in [3.63, 3.8) is 0 Å².